The van der Waals surface area contributed by atoms with E-state index in [0.29, 0.717) is 0 Å². The highest BCUT2D eigenvalue weighted by Gasteiger charge is 2.35. The van der Waals surface area contributed by atoms with E-state index in [1.165, 1.54) is 20.5 Å². The van der Waals surface area contributed by atoms with Crippen LogP contribution in [0.25, 0.3) is 10.1 Å². The van der Waals surface area contributed by atoms with Gasteiger partial charge in [-0.15, -0.1) is 11.3 Å². The standard InChI is InChI=1S/C19H19NO2S2/c21-19(22)15-6-3-4-9-20(15)18(14-8-10-23-12-14)17-11-13-5-1-2-7-16(13)24-17/h1-2,5,7-8,10-12,15,18H,3-4,6,9H2,(H,21,22). The van der Waals surface area contributed by atoms with Crippen LogP contribution in [0.15, 0.2) is 47.2 Å². The number of carbonyl (C=O) groups is 1. The summed E-state index contributed by atoms with van der Waals surface area (Å²) < 4.78 is 1.26. The van der Waals surface area contributed by atoms with Crippen molar-refractivity contribution in [3.8, 4) is 0 Å². The molecule has 1 aliphatic heterocycles. The molecule has 0 aliphatic carbocycles. The molecule has 0 amide bonds. The number of rotatable bonds is 4. The van der Waals surface area contributed by atoms with Crippen molar-refractivity contribution in [2.24, 2.45) is 0 Å². The number of benzene rings is 1. The third-order valence-electron chi connectivity index (χ3n) is 4.73. The van der Waals surface area contributed by atoms with Gasteiger partial charge in [0.15, 0.2) is 0 Å². The lowest BCUT2D eigenvalue weighted by Gasteiger charge is -2.38. The molecule has 1 aliphatic rings. The number of carboxylic acid groups (broad SMARTS) is 1. The van der Waals surface area contributed by atoms with Crippen LogP contribution in [-0.4, -0.2) is 28.6 Å². The Labute approximate surface area is 149 Å². The van der Waals surface area contributed by atoms with Crippen molar-refractivity contribution in [3.05, 3.63) is 57.6 Å². The fourth-order valence-electron chi connectivity index (χ4n) is 3.62. The van der Waals surface area contributed by atoms with Crippen molar-refractivity contribution < 1.29 is 9.90 Å². The van der Waals surface area contributed by atoms with Gasteiger partial charge in [-0.25, -0.2) is 0 Å². The van der Waals surface area contributed by atoms with Crippen LogP contribution in [0.2, 0.25) is 0 Å². The summed E-state index contributed by atoms with van der Waals surface area (Å²) >= 11 is 3.45. The Bertz CT molecular complexity index is 807. The molecule has 0 bridgehead atoms. The third-order valence-corrected chi connectivity index (χ3v) is 6.60. The molecule has 3 heterocycles. The van der Waals surface area contributed by atoms with Crippen molar-refractivity contribution in [3.63, 3.8) is 0 Å². The first-order valence-electron chi connectivity index (χ1n) is 8.23. The van der Waals surface area contributed by atoms with Gasteiger partial charge in [-0.2, -0.15) is 11.3 Å². The Hall–Kier alpha value is -1.69. The molecular weight excluding hydrogens is 338 g/mol. The maximum Gasteiger partial charge on any atom is 0.320 e. The van der Waals surface area contributed by atoms with Gasteiger partial charge in [0, 0.05) is 9.58 Å². The van der Waals surface area contributed by atoms with E-state index in [9.17, 15) is 9.90 Å². The molecule has 4 rings (SSSR count). The molecule has 1 N–H and O–H groups in total. The molecule has 3 nitrogen and oxygen atoms in total. The van der Waals surface area contributed by atoms with Gasteiger partial charge in [0.05, 0.1) is 6.04 Å². The number of thiophene rings is 2. The van der Waals surface area contributed by atoms with Crippen LogP contribution in [-0.2, 0) is 4.79 Å². The van der Waals surface area contributed by atoms with E-state index in [2.05, 4.69) is 52.1 Å². The second-order valence-electron chi connectivity index (χ2n) is 6.23. The van der Waals surface area contributed by atoms with E-state index in [0.717, 1.165) is 25.8 Å². The predicted molar refractivity (Wildman–Crippen MR) is 100.0 cm³/mol. The smallest absolute Gasteiger partial charge is 0.320 e. The first-order valence-corrected chi connectivity index (χ1v) is 9.99. The average molecular weight is 358 g/mol. The first kappa shape index (κ1) is 15.8. The zero-order chi connectivity index (χ0) is 16.5. The first-order chi connectivity index (χ1) is 11.7. The Balaban J connectivity index is 1.80. The van der Waals surface area contributed by atoms with Gasteiger partial charge in [0.1, 0.15) is 6.04 Å². The van der Waals surface area contributed by atoms with Crippen molar-refractivity contribution in [2.75, 3.05) is 6.54 Å². The summed E-state index contributed by atoms with van der Waals surface area (Å²) in [7, 11) is 0. The molecule has 1 fully saturated rings. The summed E-state index contributed by atoms with van der Waals surface area (Å²) in [5, 5.41) is 15.2. The van der Waals surface area contributed by atoms with Crippen molar-refractivity contribution in [1.29, 1.82) is 0 Å². The minimum Gasteiger partial charge on any atom is -0.480 e. The highest BCUT2D eigenvalue weighted by Crippen LogP contribution is 2.40. The van der Waals surface area contributed by atoms with E-state index in [4.69, 9.17) is 0 Å². The average Bonchev–Trinajstić information content (AvgIpc) is 3.25. The molecule has 124 valence electrons. The Kier molecular flexibility index (Phi) is 4.39. The van der Waals surface area contributed by atoms with Crippen LogP contribution in [0.1, 0.15) is 35.7 Å². The van der Waals surface area contributed by atoms with Crippen molar-refractivity contribution >= 4 is 38.7 Å². The molecule has 0 saturated carbocycles. The maximum absolute atomic E-state index is 11.8. The Morgan fingerprint density at radius 1 is 1.25 bits per heavy atom. The third kappa shape index (κ3) is 2.88. The topological polar surface area (TPSA) is 40.5 Å². The van der Waals surface area contributed by atoms with E-state index in [1.54, 1.807) is 22.7 Å². The number of carboxylic acids is 1. The monoisotopic (exact) mass is 357 g/mol. The second kappa shape index (κ2) is 6.67. The Morgan fingerprint density at radius 2 is 2.12 bits per heavy atom. The molecule has 1 aromatic carbocycles. The van der Waals surface area contributed by atoms with Crippen molar-refractivity contribution in [2.45, 2.75) is 31.3 Å². The van der Waals surface area contributed by atoms with Crippen LogP contribution < -0.4 is 0 Å². The van der Waals surface area contributed by atoms with Gasteiger partial charge in [-0.3, -0.25) is 9.69 Å². The molecule has 0 radical (unpaired) electrons. The highest BCUT2D eigenvalue weighted by molar-refractivity contribution is 7.19. The van der Waals surface area contributed by atoms with Crippen LogP contribution >= 0.6 is 22.7 Å². The van der Waals surface area contributed by atoms with Crippen LogP contribution in [0.5, 0.6) is 0 Å². The largest absolute Gasteiger partial charge is 0.480 e. The predicted octanol–water partition coefficient (Wildman–Crippen LogP) is 4.99. The minimum absolute atomic E-state index is 0.0371. The number of hydrogen-bond donors (Lipinski definition) is 1. The quantitative estimate of drug-likeness (QED) is 0.715. The van der Waals surface area contributed by atoms with Gasteiger partial charge in [0.2, 0.25) is 0 Å². The summed E-state index contributed by atoms with van der Waals surface area (Å²) in [5.74, 6) is -0.698. The van der Waals surface area contributed by atoms with E-state index >= 15 is 0 Å². The van der Waals surface area contributed by atoms with Gasteiger partial charge in [-0.1, -0.05) is 24.6 Å². The molecule has 5 heteroatoms. The van der Waals surface area contributed by atoms with Crippen LogP contribution in [0.4, 0.5) is 0 Å². The fraction of sp³-hybridized carbons (Fsp3) is 0.316. The second-order valence-corrected chi connectivity index (χ2v) is 8.13. The van der Waals surface area contributed by atoms with Gasteiger partial charge in [0.25, 0.3) is 0 Å². The van der Waals surface area contributed by atoms with Gasteiger partial charge < -0.3 is 5.11 Å². The lowest BCUT2D eigenvalue weighted by molar-refractivity contribution is -0.145. The maximum atomic E-state index is 11.8. The number of nitrogens with zero attached hydrogens (tertiary/aromatic N) is 1. The molecular formula is C19H19NO2S2. The number of piperidine rings is 1. The summed E-state index contributed by atoms with van der Waals surface area (Å²) in [5.41, 5.74) is 1.21. The zero-order valence-electron chi connectivity index (χ0n) is 13.2. The molecule has 24 heavy (non-hydrogen) atoms. The SMILES string of the molecule is O=C(O)C1CCCCN1C(c1ccsc1)c1cc2ccccc2s1. The lowest BCUT2D eigenvalue weighted by Crippen LogP contribution is -2.46. The lowest BCUT2D eigenvalue weighted by atomic mass is 9.96. The summed E-state index contributed by atoms with van der Waals surface area (Å²) in [4.78, 5) is 15.2. The molecule has 2 unspecified atom stereocenters. The van der Waals surface area contributed by atoms with E-state index in [1.807, 2.05) is 0 Å². The fourth-order valence-corrected chi connectivity index (χ4v) is 5.51. The van der Waals surface area contributed by atoms with Crippen molar-refractivity contribution in [1.82, 2.24) is 4.90 Å². The van der Waals surface area contributed by atoms with E-state index in [-0.39, 0.29) is 6.04 Å². The van der Waals surface area contributed by atoms with Crippen LogP contribution in [0, 0.1) is 0 Å². The summed E-state index contributed by atoms with van der Waals surface area (Å²) in [6.45, 7) is 0.839. The minimum atomic E-state index is -0.698. The number of fused-ring (bicyclic) bond motifs is 1. The molecule has 2 atom stereocenters. The van der Waals surface area contributed by atoms with E-state index < -0.39 is 12.0 Å². The number of likely N-dealkylation sites (tertiary alicyclic amines) is 1. The van der Waals surface area contributed by atoms with Gasteiger partial charge >= 0.3 is 5.97 Å². The molecule has 2 aromatic heterocycles. The number of aliphatic carboxylic acids is 1. The molecule has 0 spiro atoms. The zero-order valence-corrected chi connectivity index (χ0v) is 14.9. The molecule has 3 aromatic rings. The highest BCUT2D eigenvalue weighted by atomic mass is 32.1. The summed E-state index contributed by atoms with van der Waals surface area (Å²) in [6, 6.07) is 12.4. The Morgan fingerprint density at radius 3 is 2.88 bits per heavy atom. The van der Waals surface area contributed by atoms with Gasteiger partial charge in [-0.05, 0) is 59.3 Å². The molecule has 1 saturated heterocycles. The van der Waals surface area contributed by atoms with Crippen LogP contribution in [0.3, 0.4) is 0 Å². The number of hydrogen-bond acceptors (Lipinski definition) is 4. The normalized spacial score (nSPS) is 20.2. The summed E-state index contributed by atoms with van der Waals surface area (Å²) in [6.07, 6.45) is 2.80.